The molecule has 158 valence electrons. The van der Waals surface area contributed by atoms with Crippen LogP contribution in [0, 0.1) is 5.21 Å². The van der Waals surface area contributed by atoms with Gasteiger partial charge in [-0.1, -0.05) is 46.3 Å². The number of hydrogen-bond donors (Lipinski definition) is 0. The normalized spacial score (nSPS) is 15.2. The Morgan fingerprint density at radius 1 is 1.26 bits per heavy atom. The molecule has 0 aromatic heterocycles. The summed E-state index contributed by atoms with van der Waals surface area (Å²) >= 11 is 3.39. The average molecular weight is 481 g/mol. The maximum Gasteiger partial charge on any atom is 0.338 e. The number of fused-ring (bicyclic) bond motifs is 1. The van der Waals surface area contributed by atoms with E-state index >= 15 is 0 Å². The van der Waals surface area contributed by atoms with Crippen molar-refractivity contribution in [2.24, 2.45) is 0 Å². The Morgan fingerprint density at radius 3 is 2.74 bits per heavy atom. The molecule has 0 unspecified atom stereocenters. The predicted molar refractivity (Wildman–Crippen MR) is 125 cm³/mol. The molecule has 0 spiro atoms. The number of halogens is 1. The predicted octanol–water partition coefficient (Wildman–Crippen LogP) is 4.44. The molecule has 1 aliphatic heterocycles. The van der Waals surface area contributed by atoms with Crippen LogP contribution in [0.25, 0.3) is 6.08 Å². The Hall–Kier alpha value is -3.45. The summed E-state index contributed by atoms with van der Waals surface area (Å²) < 4.78 is 6.44. The quantitative estimate of drug-likeness (QED) is 0.112. The van der Waals surface area contributed by atoms with Crippen molar-refractivity contribution in [3.63, 3.8) is 0 Å². The molecule has 6 nitrogen and oxygen atoms in total. The molecule has 7 heteroatoms. The lowest BCUT2D eigenvalue weighted by atomic mass is 10.1. The highest BCUT2D eigenvalue weighted by atomic mass is 79.9. The van der Waals surface area contributed by atoms with Gasteiger partial charge in [-0.25, -0.2) is 4.79 Å². The van der Waals surface area contributed by atoms with Crippen molar-refractivity contribution in [1.29, 1.82) is 0 Å². The molecule has 0 N–H and O–H groups in total. The second kappa shape index (κ2) is 10.0. The number of amides is 1. The minimum Gasteiger partial charge on any atom is -0.618 e. The number of hydrogen-bond acceptors (Lipinski definition) is 4. The highest BCUT2D eigenvalue weighted by Crippen LogP contribution is 2.29. The summed E-state index contributed by atoms with van der Waals surface area (Å²) in [6.07, 6.45) is 5.72. The molecule has 0 fully saturated rings. The minimum absolute atomic E-state index is 0.0145. The molecule has 0 radical (unpaired) electrons. The van der Waals surface area contributed by atoms with Gasteiger partial charge in [-0.2, -0.15) is 4.74 Å². The van der Waals surface area contributed by atoms with Gasteiger partial charge in [0.15, 0.2) is 6.20 Å². The first kappa shape index (κ1) is 22.2. The second-order valence-electron chi connectivity index (χ2n) is 6.59. The zero-order chi connectivity index (χ0) is 22.4. The Labute approximate surface area is 189 Å². The Bertz CT molecular complexity index is 1120. The van der Waals surface area contributed by atoms with Crippen LogP contribution in [-0.4, -0.2) is 35.5 Å². The molecule has 0 atom stereocenters. The van der Waals surface area contributed by atoms with Gasteiger partial charge in [-0.3, -0.25) is 9.69 Å². The van der Waals surface area contributed by atoms with Crippen LogP contribution in [0.4, 0.5) is 5.69 Å². The number of carbonyl (C=O) groups is 2. The van der Waals surface area contributed by atoms with Crippen LogP contribution in [0.3, 0.4) is 0 Å². The average Bonchev–Trinajstić information content (AvgIpc) is 3.03. The fraction of sp³-hybridized carbons (Fsp3) is 0.125. The van der Waals surface area contributed by atoms with Crippen LogP contribution in [0.1, 0.15) is 18.1 Å². The van der Waals surface area contributed by atoms with Crippen molar-refractivity contribution in [2.45, 2.75) is 6.92 Å². The van der Waals surface area contributed by atoms with E-state index in [4.69, 9.17) is 4.74 Å². The molecule has 31 heavy (non-hydrogen) atoms. The summed E-state index contributed by atoms with van der Waals surface area (Å²) in [6, 6.07) is 14.4. The zero-order valence-electron chi connectivity index (χ0n) is 17.0. The summed E-state index contributed by atoms with van der Waals surface area (Å²) in [5.74, 6) is -0.988. The van der Waals surface area contributed by atoms with Crippen LogP contribution in [0.5, 0.6) is 0 Å². The summed E-state index contributed by atoms with van der Waals surface area (Å²) in [5.41, 5.74) is 2.10. The van der Waals surface area contributed by atoms with Gasteiger partial charge in [0.05, 0.1) is 23.4 Å². The molecule has 0 saturated heterocycles. The topological polar surface area (TPSA) is 72.7 Å². The lowest BCUT2D eigenvalue weighted by molar-refractivity contribution is -0.376. The third-order valence-corrected chi connectivity index (χ3v) is 4.99. The lowest BCUT2D eigenvalue weighted by Gasteiger charge is -2.12. The van der Waals surface area contributed by atoms with Gasteiger partial charge in [0.1, 0.15) is 0 Å². The van der Waals surface area contributed by atoms with E-state index in [2.05, 4.69) is 22.5 Å². The molecule has 1 heterocycles. The van der Waals surface area contributed by atoms with Gasteiger partial charge in [0, 0.05) is 17.1 Å². The standard InChI is InChI=1S/C24H21BrN2O4/c1-3-13-26-21-11-6-5-10-20(21)22(23(26)28)27(30)14-12-18(24(29)31-4-2)15-17-8-7-9-19(25)16-17/h3,5-12,14-16H,1,4,13H2,2H3/b14-12+,18-15+,27-22+. The molecule has 2 aromatic carbocycles. The molecule has 2 aromatic rings. The van der Waals surface area contributed by atoms with Gasteiger partial charge in [-0.05, 0) is 42.8 Å². The summed E-state index contributed by atoms with van der Waals surface area (Å²) in [4.78, 5) is 26.7. The van der Waals surface area contributed by atoms with Crippen molar-refractivity contribution in [3.05, 3.63) is 99.8 Å². The van der Waals surface area contributed by atoms with Crippen molar-refractivity contribution in [3.8, 4) is 0 Å². The fourth-order valence-corrected chi connectivity index (χ4v) is 3.59. The maximum absolute atomic E-state index is 12.9. The van der Waals surface area contributed by atoms with Gasteiger partial charge >= 0.3 is 11.9 Å². The highest BCUT2D eigenvalue weighted by molar-refractivity contribution is 9.10. The van der Waals surface area contributed by atoms with Crippen molar-refractivity contribution < 1.29 is 19.1 Å². The zero-order valence-corrected chi connectivity index (χ0v) is 18.5. The number of benzene rings is 2. The van der Waals surface area contributed by atoms with Crippen LogP contribution >= 0.6 is 15.9 Å². The van der Waals surface area contributed by atoms with Crippen molar-refractivity contribution in [1.82, 2.24) is 0 Å². The van der Waals surface area contributed by atoms with Crippen LogP contribution < -0.4 is 4.90 Å². The van der Waals surface area contributed by atoms with Crippen LogP contribution in [-0.2, 0) is 14.3 Å². The third-order valence-electron chi connectivity index (χ3n) is 4.50. The van der Waals surface area contributed by atoms with E-state index in [9.17, 15) is 14.8 Å². The van der Waals surface area contributed by atoms with E-state index in [0.717, 1.165) is 16.2 Å². The summed E-state index contributed by atoms with van der Waals surface area (Å²) in [7, 11) is 0. The van der Waals surface area contributed by atoms with E-state index in [0.29, 0.717) is 16.0 Å². The number of esters is 1. The lowest BCUT2D eigenvalue weighted by Crippen LogP contribution is -2.32. The number of nitrogens with zero attached hydrogens (tertiary/aromatic N) is 2. The summed E-state index contributed by atoms with van der Waals surface area (Å²) in [5, 5.41) is 12.9. The maximum atomic E-state index is 12.9. The molecule has 0 bridgehead atoms. The van der Waals surface area contributed by atoms with E-state index in [1.54, 1.807) is 43.3 Å². The monoisotopic (exact) mass is 480 g/mol. The first-order chi connectivity index (χ1) is 15.0. The number of rotatable bonds is 7. The first-order valence-corrected chi connectivity index (χ1v) is 10.4. The van der Waals surface area contributed by atoms with Crippen molar-refractivity contribution >= 4 is 45.3 Å². The molecule has 1 aliphatic rings. The van der Waals surface area contributed by atoms with E-state index < -0.39 is 11.9 Å². The molecular formula is C24H21BrN2O4. The Morgan fingerprint density at radius 2 is 2.03 bits per heavy atom. The fourth-order valence-electron chi connectivity index (χ4n) is 3.17. The smallest absolute Gasteiger partial charge is 0.338 e. The SMILES string of the molecule is C=CCN1C(=O)\C(=[N+]([O-])/C=C/C(=C\c2cccc(Br)c2)C(=O)OCC)c2ccccc21. The molecule has 1 amide bonds. The Kier molecular flexibility index (Phi) is 7.20. The van der Waals surface area contributed by atoms with Crippen LogP contribution in [0.2, 0.25) is 0 Å². The van der Waals surface area contributed by atoms with Gasteiger partial charge in [0.2, 0.25) is 0 Å². The second-order valence-corrected chi connectivity index (χ2v) is 7.50. The van der Waals surface area contributed by atoms with Crippen molar-refractivity contribution in [2.75, 3.05) is 18.1 Å². The minimum atomic E-state index is -0.566. The van der Waals surface area contributed by atoms with Gasteiger partial charge in [0.25, 0.3) is 5.71 Å². The first-order valence-electron chi connectivity index (χ1n) is 9.64. The molecule has 3 rings (SSSR count). The summed E-state index contributed by atoms with van der Waals surface area (Å²) in [6.45, 7) is 5.86. The van der Waals surface area contributed by atoms with Crippen LogP contribution in [0.15, 0.2) is 83.5 Å². The highest BCUT2D eigenvalue weighted by Gasteiger charge is 2.38. The molecule has 0 saturated carbocycles. The largest absolute Gasteiger partial charge is 0.618 e. The number of hydroxylamine groups is 1. The van der Waals surface area contributed by atoms with E-state index in [1.807, 2.05) is 24.3 Å². The number of para-hydroxylation sites is 1. The molecule has 0 aliphatic carbocycles. The van der Waals surface area contributed by atoms with Gasteiger partial charge < -0.3 is 9.94 Å². The number of carbonyl (C=O) groups excluding carboxylic acids is 2. The van der Waals surface area contributed by atoms with E-state index in [1.165, 1.54) is 11.0 Å². The van der Waals surface area contributed by atoms with E-state index in [-0.39, 0.29) is 24.4 Å². The number of anilines is 1. The van der Waals surface area contributed by atoms with Gasteiger partial charge in [-0.15, -0.1) is 6.58 Å². The molecular weight excluding hydrogens is 460 g/mol. The Balaban J connectivity index is 2.02. The third kappa shape index (κ3) is 5.00. The number of ether oxygens (including phenoxy) is 1.